The second-order valence-electron chi connectivity index (χ2n) is 5.14. The van der Waals surface area contributed by atoms with Crippen molar-refractivity contribution in [1.29, 1.82) is 0 Å². The molecular formula is C14H23NO2S. The van der Waals surface area contributed by atoms with Crippen molar-refractivity contribution < 1.29 is 9.84 Å². The molecule has 0 bridgehead atoms. The molecule has 0 amide bonds. The molecular weight excluding hydrogens is 246 g/mol. The van der Waals surface area contributed by atoms with Crippen LogP contribution in [-0.4, -0.2) is 41.8 Å². The number of rotatable bonds is 4. The van der Waals surface area contributed by atoms with Crippen molar-refractivity contribution in [1.82, 2.24) is 4.90 Å². The van der Waals surface area contributed by atoms with Crippen LogP contribution in [0.25, 0.3) is 0 Å². The molecule has 0 aromatic carbocycles. The minimum atomic E-state index is -0.424. The smallest absolute Gasteiger partial charge is 0.0981 e. The fourth-order valence-electron chi connectivity index (χ4n) is 2.68. The Morgan fingerprint density at radius 2 is 2.17 bits per heavy atom. The summed E-state index contributed by atoms with van der Waals surface area (Å²) in [5.74, 6) is 0. The SMILES string of the molecule is CCC(C)(C(O)c1ccsc1C)N1CCOCC1. The van der Waals surface area contributed by atoms with Gasteiger partial charge >= 0.3 is 0 Å². The zero-order valence-corrected chi connectivity index (χ0v) is 12.3. The van der Waals surface area contributed by atoms with Crippen LogP contribution in [0.3, 0.4) is 0 Å². The largest absolute Gasteiger partial charge is 0.386 e. The average molecular weight is 269 g/mol. The molecule has 3 nitrogen and oxygen atoms in total. The van der Waals surface area contributed by atoms with Crippen LogP contribution >= 0.6 is 11.3 Å². The summed E-state index contributed by atoms with van der Waals surface area (Å²) in [6.45, 7) is 9.75. The molecule has 1 fully saturated rings. The maximum atomic E-state index is 10.8. The zero-order valence-electron chi connectivity index (χ0n) is 11.5. The molecule has 0 aliphatic carbocycles. The predicted molar refractivity (Wildman–Crippen MR) is 75.1 cm³/mol. The van der Waals surface area contributed by atoms with Crippen LogP contribution in [0, 0.1) is 6.92 Å². The summed E-state index contributed by atoms with van der Waals surface area (Å²) in [4.78, 5) is 3.59. The summed E-state index contributed by atoms with van der Waals surface area (Å²) in [6.07, 6.45) is 0.510. The summed E-state index contributed by atoms with van der Waals surface area (Å²) in [5, 5.41) is 12.8. The first kappa shape index (κ1) is 14.0. The van der Waals surface area contributed by atoms with Crippen LogP contribution in [0.5, 0.6) is 0 Å². The van der Waals surface area contributed by atoms with Crippen molar-refractivity contribution in [3.8, 4) is 0 Å². The molecule has 1 aliphatic rings. The maximum absolute atomic E-state index is 10.8. The molecule has 1 aromatic heterocycles. The number of aryl methyl sites for hydroxylation is 1. The van der Waals surface area contributed by atoms with Crippen LogP contribution < -0.4 is 0 Å². The topological polar surface area (TPSA) is 32.7 Å². The van der Waals surface area contributed by atoms with Crippen molar-refractivity contribution >= 4 is 11.3 Å². The normalized spacial score (nSPS) is 22.7. The summed E-state index contributed by atoms with van der Waals surface area (Å²) in [6, 6.07) is 2.05. The van der Waals surface area contributed by atoms with E-state index >= 15 is 0 Å². The molecule has 18 heavy (non-hydrogen) atoms. The lowest BCUT2D eigenvalue weighted by Gasteiger charge is -2.45. The van der Waals surface area contributed by atoms with Gasteiger partial charge in [0.05, 0.1) is 19.3 Å². The van der Waals surface area contributed by atoms with Gasteiger partial charge in [0.2, 0.25) is 0 Å². The first-order valence-corrected chi connectivity index (χ1v) is 7.52. The van der Waals surface area contributed by atoms with Crippen LogP contribution in [0.1, 0.15) is 36.8 Å². The van der Waals surface area contributed by atoms with E-state index in [2.05, 4.69) is 37.1 Å². The number of ether oxygens (including phenoxy) is 1. The van der Waals surface area contributed by atoms with Crippen LogP contribution in [0.4, 0.5) is 0 Å². The lowest BCUT2D eigenvalue weighted by atomic mass is 9.85. The minimum Gasteiger partial charge on any atom is -0.386 e. The molecule has 1 aliphatic heterocycles. The van der Waals surface area contributed by atoms with Gasteiger partial charge in [0.25, 0.3) is 0 Å². The van der Waals surface area contributed by atoms with Crippen molar-refractivity contribution in [3.63, 3.8) is 0 Å². The summed E-state index contributed by atoms with van der Waals surface area (Å²) >= 11 is 1.70. The highest BCUT2D eigenvalue weighted by Gasteiger charge is 2.39. The van der Waals surface area contributed by atoms with Crippen LogP contribution in [0.15, 0.2) is 11.4 Å². The Labute approximate surface area is 113 Å². The average Bonchev–Trinajstić information content (AvgIpc) is 2.84. The van der Waals surface area contributed by atoms with Gasteiger partial charge in [-0.25, -0.2) is 0 Å². The first-order valence-electron chi connectivity index (χ1n) is 6.64. The van der Waals surface area contributed by atoms with Gasteiger partial charge in [-0.2, -0.15) is 0 Å². The van der Waals surface area contributed by atoms with E-state index in [1.54, 1.807) is 11.3 Å². The van der Waals surface area contributed by atoms with E-state index in [-0.39, 0.29) is 5.54 Å². The van der Waals surface area contributed by atoms with Crippen LogP contribution in [-0.2, 0) is 4.74 Å². The van der Waals surface area contributed by atoms with Crippen molar-refractivity contribution in [2.75, 3.05) is 26.3 Å². The fourth-order valence-corrected chi connectivity index (χ4v) is 3.41. The fraction of sp³-hybridized carbons (Fsp3) is 0.714. The number of hydrogen-bond donors (Lipinski definition) is 1. The molecule has 2 heterocycles. The third-order valence-corrected chi connectivity index (χ3v) is 5.09. The molecule has 1 saturated heterocycles. The number of aliphatic hydroxyl groups excluding tert-OH is 1. The second-order valence-corrected chi connectivity index (χ2v) is 6.27. The highest BCUT2D eigenvalue weighted by atomic mass is 32.1. The van der Waals surface area contributed by atoms with E-state index in [1.807, 2.05) is 0 Å². The maximum Gasteiger partial charge on any atom is 0.0981 e. The van der Waals surface area contributed by atoms with Gasteiger partial charge in [0.15, 0.2) is 0 Å². The van der Waals surface area contributed by atoms with Gasteiger partial charge in [-0.3, -0.25) is 4.90 Å². The third kappa shape index (κ3) is 2.48. The number of nitrogens with zero attached hydrogens (tertiary/aromatic N) is 1. The highest BCUT2D eigenvalue weighted by molar-refractivity contribution is 7.10. The predicted octanol–water partition coefficient (Wildman–Crippen LogP) is 2.59. The van der Waals surface area contributed by atoms with E-state index in [1.165, 1.54) is 4.88 Å². The molecule has 1 aromatic rings. The zero-order chi connectivity index (χ0) is 13.2. The first-order chi connectivity index (χ1) is 8.59. The van der Waals surface area contributed by atoms with E-state index in [0.717, 1.165) is 38.3 Å². The monoisotopic (exact) mass is 269 g/mol. The van der Waals surface area contributed by atoms with Crippen molar-refractivity contribution in [3.05, 3.63) is 21.9 Å². The number of aliphatic hydroxyl groups is 1. The Morgan fingerprint density at radius 1 is 1.50 bits per heavy atom. The highest BCUT2D eigenvalue weighted by Crippen LogP contribution is 2.37. The molecule has 2 unspecified atom stereocenters. The minimum absolute atomic E-state index is 0.199. The van der Waals surface area contributed by atoms with Crippen molar-refractivity contribution in [2.45, 2.75) is 38.8 Å². The quantitative estimate of drug-likeness (QED) is 0.912. The van der Waals surface area contributed by atoms with Gasteiger partial charge in [0.1, 0.15) is 0 Å². The number of thiophene rings is 1. The molecule has 0 radical (unpaired) electrons. The third-order valence-electron chi connectivity index (χ3n) is 4.23. The summed E-state index contributed by atoms with van der Waals surface area (Å²) in [7, 11) is 0. The molecule has 102 valence electrons. The number of morpholine rings is 1. The Bertz CT molecular complexity index is 387. The van der Waals surface area contributed by atoms with Gasteiger partial charge < -0.3 is 9.84 Å². The van der Waals surface area contributed by atoms with E-state index in [4.69, 9.17) is 4.74 Å². The lowest BCUT2D eigenvalue weighted by Crippen LogP contribution is -2.54. The van der Waals surface area contributed by atoms with Crippen molar-refractivity contribution in [2.24, 2.45) is 0 Å². The van der Waals surface area contributed by atoms with Gasteiger partial charge in [-0.05, 0) is 37.3 Å². The molecule has 2 atom stereocenters. The second kappa shape index (κ2) is 5.70. The molecule has 2 rings (SSSR count). The molecule has 0 saturated carbocycles. The Kier molecular flexibility index (Phi) is 4.43. The molecule has 4 heteroatoms. The van der Waals surface area contributed by atoms with Gasteiger partial charge in [-0.15, -0.1) is 11.3 Å². The Balaban J connectivity index is 2.22. The Morgan fingerprint density at radius 3 is 2.67 bits per heavy atom. The summed E-state index contributed by atoms with van der Waals surface area (Å²) in [5.41, 5.74) is 0.881. The van der Waals surface area contributed by atoms with E-state index < -0.39 is 6.10 Å². The molecule has 1 N–H and O–H groups in total. The Hall–Kier alpha value is -0.420. The summed E-state index contributed by atoms with van der Waals surface area (Å²) < 4.78 is 5.41. The lowest BCUT2D eigenvalue weighted by molar-refractivity contribution is -0.0734. The van der Waals surface area contributed by atoms with Gasteiger partial charge in [0, 0.05) is 23.5 Å². The van der Waals surface area contributed by atoms with Crippen LogP contribution in [0.2, 0.25) is 0 Å². The van der Waals surface area contributed by atoms with E-state index in [0.29, 0.717) is 0 Å². The van der Waals surface area contributed by atoms with Gasteiger partial charge in [-0.1, -0.05) is 6.92 Å². The molecule has 0 spiro atoms. The standard InChI is InChI=1S/C14H23NO2S/c1-4-14(3,15-6-8-17-9-7-15)13(16)12-5-10-18-11(12)2/h5,10,13,16H,4,6-9H2,1-3H3. The van der Waals surface area contributed by atoms with E-state index in [9.17, 15) is 5.11 Å². The number of hydrogen-bond acceptors (Lipinski definition) is 4.